The highest BCUT2D eigenvalue weighted by atomic mass is 32.2. The van der Waals surface area contributed by atoms with Gasteiger partial charge in [0, 0.05) is 37.9 Å². The van der Waals surface area contributed by atoms with E-state index in [0.717, 1.165) is 31.7 Å². The number of rotatable bonds is 4. The molecule has 2 aliphatic rings. The molecule has 128 valence electrons. The average Bonchev–Trinajstić information content (AvgIpc) is 3.01. The average molecular weight is 345 g/mol. The zero-order valence-electron chi connectivity index (χ0n) is 14.1. The number of thioether (sulfide) groups is 1. The van der Waals surface area contributed by atoms with Gasteiger partial charge in [0.25, 0.3) is 0 Å². The Hall–Kier alpha value is -1.86. The molecule has 0 saturated carbocycles. The van der Waals surface area contributed by atoms with Crippen LogP contribution >= 0.6 is 11.8 Å². The van der Waals surface area contributed by atoms with Gasteiger partial charge in [-0.1, -0.05) is 23.9 Å². The molecule has 0 aliphatic carbocycles. The molecule has 1 aromatic carbocycles. The summed E-state index contributed by atoms with van der Waals surface area (Å²) in [6.45, 7) is 8.86. The van der Waals surface area contributed by atoms with Gasteiger partial charge in [0.1, 0.15) is 0 Å². The predicted octanol–water partition coefficient (Wildman–Crippen LogP) is 1.77. The number of anilines is 1. The Balaban J connectivity index is 1.55. The molecular formula is C17H23N5OS. The summed E-state index contributed by atoms with van der Waals surface area (Å²) in [4.78, 5) is 16.0. The van der Waals surface area contributed by atoms with Crippen LogP contribution in [0.2, 0.25) is 0 Å². The van der Waals surface area contributed by atoms with Crippen LogP contribution in [-0.4, -0.2) is 60.2 Å². The maximum atomic E-state index is 11.1. The molecule has 7 heteroatoms. The Bertz CT molecular complexity index is 633. The lowest BCUT2D eigenvalue weighted by Crippen LogP contribution is -2.48. The Morgan fingerprint density at radius 2 is 1.88 bits per heavy atom. The van der Waals surface area contributed by atoms with E-state index in [9.17, 15) is 4.79 Å². The number of carbonyl (C=O) groups excluding carboxylic acids is 1. The number of benzene rings is 1. The minimum absolute atomic E-state index is 0.0177. The SMILES string of the molecule is CC(C)N1CCN(c2ccc(C=NN=C3NC(=O)CS3)cc2)CC1. The second-order valence-electron chi connectivity index (χ2n) is 6.19. The second kappa shape index (κ2) is 7.81. The van der Waals surface area contributed by atoms with Gasteiger partial charge in [-0.25, -0.2) is 0 Å². The van der Waals surface area contributed by atoms with Crippen molar-refractivity contribution in [2.75, 3.05) is 36.8 Å². The predicted molar refractivity (Wildman–Crippen MR) is 101 cm³/mol. The van der Waals surface area contributed by atoms with E-state index in [1.54, 1.807) is 6.21 Å². The lowest BCUT2D eigenvalue weighted by atomic mass is 10.2. The van der Waals surface area contributed by atoms with Crippen LogP contribution in [0.4, 0.5) is 5.69 Å². The van der Waals surface area contributed by atoms with Crippen molar-refractivity contribution >= 4 is 34.7 Å². The molecule has 1 amide bonds. The van der Waals surface area contributed by atoms with E-state index in [1.807, 2.05) is 12.1 Å². The first kappa shape index (κ1) is 17.0. The number of amides is 1. The molecular weight excluding hydrogens is 322 g/mol. The molecule has 0 aromatic heterocycles. The Labute approximate surface area is 147 Å². The van der Waals surface area contributed by atoms with Crippen LogP contribution in [0.5, 0.6) is 0 Å². The van der Waals surface area contributed by atoms with Crippen molar-refractivity contribution in [2.24, 2.45) is 10.2 Å². The van der Waals surface area contributed by atoms with Crippen LogP contribution in [0.3, 0.4) is 0 Å². The second-order valence-corrected chi connectivity index (χ2v) is 7.16. The Morgan fingerprint density at radius 1 is 1.17 bits per heavy atom. The monoisotopic (exact) mass is 345 g/mol. The van der Waals surface area contributed by atoms with Crippen LogP contribution < -0.4 is 10.2 Å². The standard InChI is InChI=1S/C17H23N5OS/c1-13(2)21-7-9-22(10-8-21)15-5-3-14(4-6-15)11-18-20-17-19-16(23)12-24-17/h3-6,11,13H,7-10,12H2,1-2H3,(H,19,20,23). The van der Waals surface area contributed by atoms with Gasteiger partial charge >= 0.3 is 0 Å². The van der Waals surface area contributed by atoms with E-state index < -0.39 is 0 Å². The van der Waals surface area contributed by atoms with Crippen molar-refractivity contribution in [2.45, 2.75) is 19.9 Å². The Kier molecular flexibility index (Phi) is 5.52. The highest BCUT2D eigenvalue weighted by Gasteiger charge is 2.18. The van der Waals surface area contributed by atoms with Crippen molar-refractivity contribution in [3.63, 3.8) is 0 Å². The fraction of sp³-hybridized carbons (Fsp3) is 0.471. The summed E-state index contributed by atoms with van der Waals surface area (Å²) in [6.07, 6.45) is 1.71. The number of carbonyl (C=O) groups is 1. The summed E-state index contributed by atoms with van der Waals surface area (Å²) in [5.74, 6) is 0.406. The molecule has 0 atom stereocenters. The van der Waals surface area contributed by atoms with Gasteiger partial charge in [0.15, 0.2) is 5.17 Å². The molecule has 2 heterocycles. The number of hydrogen-bond acceptors (Lipinski definition) is 6. The lowest BCUT2D eigenvalue weighted by Gasteiger charge is -2.38. The molecule has 6 nitrogen and oxygen atoms in total. The maximum absolute atomic E-state index is 11.1. The third-order valence-corrected chi connectivity index (χ3v) is 5.11. The molecule has 1 N–H and O–H groups in total. The van der Waals surface area contributed by atoms with Gasteiger partial charge in [-0.15, -0.1) is 5.10 Å². The van der Waals surface area contributed by atoms with Gasteiger partial charge in [0.2, 0.25) is 5.91 Å². The molecule has 0 unspecified atom stereocenters. The van der Waals surface area contributed by atoms with E-state index in [1.165, 1.54) is 17.4 Å². The first-order chi connectivity index (χ1) is 11.6. The molecule has 0 bridgehead atoms. The molecule has 0 radical (unpaired) electrons. The van der Waals surface area contributed by atoms with Gasteiger partial charge in [-0.3, -0.25) is 9.69 Å². The van der Waals surface area contributed by atoms with Crippen LogP contribution in [0.1, 0.15) is 19.4 Å². The third-order valence-electron chi connectivity index (χ3n) is 4.24. The van der Waals surface area contributed by atoms with Crippen LogP contribution in [-0.2, 0) is 4.79 Å². The van der Waals surface area contributed by atoms with Crippen molar-refractivity contribution in [1.82, 2.24) is 10.2 Å². The number of amidine groups is 1. The zero-order chi connectivity index (χ0) is 16.9. The fourth-order valence-electron chi connectivity index (χ4n) is 2.79. The quantitative estimate of drug-likeness (QED) is 0.667. The summed E-state index contributed by atoms with van der Waals surface area (Å²) in [5.41, 5.74) is 2.25. The zero-order valence-corrected chi connectivity index (χ0v) is 14.9. The summed E-state index contributed by atoms with van der Waals surface area (Å²) < 4.78 is 0. The van der Waals surface area contributed by atoms with Gasteiger partial charge < -0.3 is 10.2 Å². The molecule has 0 spiro atoms. The van der Waals surface area contributed by atoms with Crippen LogP contribution in [0.15, 0.2) is 34.5 Å². The minimum Gasteiger partial charge on any atom is -0.369 e. The van der Waals surface area contributed by atoms with E-state index in [-0.39, 0.29) is 5.91 Å². The highest BCUT2D eigenvalue weighted by molar-refractivity contribution is 8.15. The van der Waals surface area contributed by atoms with E-state index in [4.69, 9.17) is 0 Å². The topological polar surface area (TPSA) is 60.3 Å². The van der Waals surface area contributed by atoms with Gasteiger partial charge in [-0.05, 0) is 31.5 Å². The number of nitrogens with one attached hydrogen (secondary N) is 1. The van der Waals surface area contributed by atoms with Gasteiger partial charge in [-0.2, -0.15) is 5.10 Å². The highest BCUT2D eigenvalue weighted by Crippen LogP contribution is 2.18. The van der Waals surface area contributed by atoms with E-state index in [2.05, 4.69) is 51.3 Å². The maximum Gasteiger partial charge on any atom is 0.236 e. The molecule has 24 heavy (non-hydrogen) atoms. The first-order valence-electron chi connectivity index (χ1n) is 8.24. The van der Waals surface area contributed by atoms with Crippen molar-refractivity contribution in [1.29, 1.82) is 0 Å². The summed E-state index contributed by atoms with van der Waals surface area (Å²) >= 11 is 1.37. The van der Waals surface area contributed by atoms with Gasteiger partial charge in [0.05, 0.1) is 12.0 Å². The molecule has 3 rings (SSSR count). The minimum atomic E-state index is -0.0177. The number of nitrogens with zero attached hydrogens (tertiary/aromatic N) is 4. The Morgan fingerprint density at radius 3 is 2.46 bits per heavy atom. The van der Waals surface area contributed by atoms with E-state index in [0.29, 0.717) is 17.0 Å². The van der Waals surface area contributed by atoms with Crippen molar-refractivity contribution in [3.8, 4) is 0 Å². The normalized spacial score (nSPS) is 21.2. The smallest absolute Gasteiger partial charge is 0.236 e. The third kappa shape index (κ3) is 4.36. The molecule has 1 aromatic rings. The fourth-order valence-corrected chi connectivity index (χ4v) is 3.43. The molecule has 2 fully saturated rings. The van der Waals surface area contributed by atoms with Crippen LogP contribution in [0, 0.1) is 0 Å². The molecule has 2 saturated heterocycles. The summed E-state index contributed by atoms with van der Waals surface area (Å²) in [7, 11) is 0. The molecule has 2 aliphatic heterocycles. The van der Waals surface area contributed by atoms with Crippen molar-refractivity contribution in [3.05, 3.63) is 29.8 Å². The summed E-state index contributed by atoms with van der Waals surface area (Å²) in [5, 5.41) is 11.3. The number of piperazine rings is 1. The van der Waals surface area contributed by atoms with Crippen molar-refractivity contribution < 1.29 is 4.79 Å². The number of hydrogen-bond donors (Lipinski definition) is 1. The van der Waals surface area contributed by atoms with E-state index >= 15 is 0 Å². The van der Waals surface area contributed by atoms with Crippen LogP contribution in [0.25, 0.3) is 0 Å². The lowest BCUT2D eigenvalue weighted by molar-refractivity contribution is -0.116. The summed E-state index contributed by atoms with van der Waals surface area (Å²) in [6, 6.07) is 8.98. The largest absolute Gasteiger partial charge is 0.369 e. The first-order valence-corrected chi connectivity index (χ1v) is 9.23.